The molecule has 2 aliphatic rings. The van der Waals surface area contributed by atoms with Crippen LogP contribution in [0.2, 0.25) is 0 Å². The van der Waals surface area contributed by atoms with Crippen molar-refractivity contribution in [1.29, 1.82) is 10.5 Å². The summed E-state index contributed by atoms with van der Waals surface area (Å²) in [7, 11) is 0. The third-order valence-electron chi connectivity index (χ3n) is 4.38. The van der Waals surface area contributed by atoms with Crippen LogP contribution in [0.3, 0.4) is 0 Å². The predicted octanol–water partition coefficient (Wildman–Crippen LogP) is 0.610. The molecule has 118 valence electrons. The lowest BCUT2D eigenvalue weighted by Crippen LogP contribution is -2.45. The van der Waals surface area contributed by atoms with Crippen molar-refractivity contribution in [2.75, 3.05) is 18.4 Å². The number of aromatic nitrogens is 1. The first-order valence-corrected chi connectivity index (χ1v) is 7.78. The first-order chi connectivity index (χ1) is 11.2. The smallest absolute Gasteiger partial charge is 0.240 e. The Morgan fingerprint density at radius 1 is 1.48 bits per heavy atom. The van der Waals surface area contributed by atoms with Crippen LogP contribution in [0.5, 0.6) is 0 Å². The summed E-state index contributed by atoms with van der Waals surface area (Å²) >= 11 is 0. The van der Waals surface area contributed by atoms with Gasteiger partial charge in [0.1, 0.15) is 17.9 Å². The average Bonchev–Trinajstić information content (AvgIpc) is 3.23. The highest BCUT2D eigenvalue weighted by molar-refractivity contribution is 5.83. The minimum atomic E-state index is -0.294. The average molecular weight is 310 g/mol. The molecular formula is C16H18N6O. The highest BCUT2D eigenvalue weighted by atomic mass is 16.2. The Morgan fingerprint density at radius 3 is 3.13 bits per heavy atom. The van der Waals surface area contributed by atoms with Crippen LogP contribution in [0.15, 0.2) is 18.3 Å². The summed E-state index contributed by atoms with van der Waals surface area (Å²) in [6.45, 7) is 1.29. The number of nitrogens with one attached hydrogen (secondary N) is 2. The largest absolute Gasteiger partial charge is 0.365 e. The summed E-state index contributed by atoms with van der Waals surface area (Å²) in [5.41, 5.74) is 0.492. The lowest BCUT2D eigenvalue weighted by atomic mass is 10.1. The molecule has 1 amide bonds. The Bertz CT molecular complexity index is 676. The molecule has 2 fully saturated rings. The fourth-order valence-electron chi connectivity index (χ4n) is 3.20. The third-order valence-corrected chi connectivity index (χ3v) is 4.38. The Morgan fingerprint density at radius 2 is 2.35 bits per heavy atom. The van der Waals surface area contributed by atoms with E-state index in [9.17, 15) is 4.79 Å². The number of pyridine rings is 1. The molecule has 0 aliphatic carbocycles. The van der Waals surface area contributed by atoms with E-state index in [2.05, 4.69) is 27.8 Å². The summed E-state index contributed by atoms with van der Waals surface area (Å²) in [5, 5.41) is 24.7. The van der Waals surface area contributed by atoms with Crippen molar-refractivity contribution in [3.63, 3.8) is 0 Å². The van der Waals surface area contributed by atoms with Gasteiger partial charge in [-0.25, -0.2) is 4.98 Å². The molecule has 2 N–H and O–H groups in total. The molecule has 3 atom stereocenters. The van der Waals surface area contributed by atoms with Crippen molar-refractivity contribution in [2.24, 2.45) is 0 Å². The molecule has 2 aliphatic heterocycles. The molecule has 0 spiro atoms. The molecule has 2 saturated heterocycles. The zero-order valence-electron chi connectivity index (χ0n) is 12.7. The molecule has 0 saturated carbocycles. The van der Waals surface area contributed by atoms with Gasteiger partial charge in [-0.1, -0.05) is 0 Å². The number of nitriles is 2. The highest BCUT2D eigenvalue weighted by Gasteiger charge is 2.37. The van der Waals surface area contributed by atoms with Crippen LogP contribution < -0.4 is 10.6 Å². The fraction of sp³-hybridized carbons (Fsp3) is 0.500. The summed E-state index contributed by atoms with van der Waals surface area (Å²) in [6.07, 6.45) is 3.90. The first-order valence-electron chi connectivity index (χ1n) is 7.78. The van der Waals surface area contributed by atoms with Crippen LogP contribution in [-0.4, -0.2) is 47.0 Å². The van der Waals surface area contributed by atoms with E-state index in [0.29, 0.717) is 30.9 Å². The number of likely N-dealkylation sites (tertiary alicyclic amines) is 1. The number of rotatable bonds is 3. The van der Waals surface area contributed by atoms with E-state index in [0.717, 1.165) is 12.8 Å². The van der Waals surface area contributed by atoms with Crippen molar-refractivity contribution in [1.82, 2.24) is 15.2 Å². The number of nitrogens with zero attached hydrogens (tertiary/aromatic N) is 4. The van der Waals surface area contributed by atoms with Crippen LogP contribution >= 0.6 is 0 Å². The van der Waals surface area contributed by atoms with E-state index in [4.69, 9.17) is 10.5 Å². The van der Waals surface area contributed by atoms with E-state index in [1.165, 1.54) is 0 Å². The van der Waals surface area contributed by atoms with Crippen LogP contribution in [0.4, 0.5) is 5.82 Å². The number of anilines is 1. The molecule has 0 aromatic carbocycles. The minimum Gasteiger partial charge on any atom is -0.365 e. The van der Waals surface area contributed by atoms with Gasteiger partial charge in [0.15, 0.2) is 0 Å². The first kappa shape index (κ1) is 15.3. The Hall–Kier alpha value is -2.64. The van der Waals surface area contributed by atoms with Crippen molar-refractivity contribution < 1.29 is 4.79 Å². The van der Waals surface area contributed by atoms with Gasteiger partial charge in [0.25, 0.3) is 0 Å². The summed E-state index contributed by atoms with van der Waals surface area (Å²) < 4.78 is 0. The number of hydrogen-bond donors (Lipinski definition) is 2. The number of carbonyl (C=O) groups excluding carboxylic acids is 1. The molecule has 23 heavy (non-hydrogen) atoms. The number of carbonyl (C=O) groups is 1. The predicted molar refractivity (Wildman–Crippen MR) is 83.1 cm³/mol. The van der Waals surface area contributed by atoms with Gasteiger partial charge in [-0.05, 0) is 31.4 Å². The van der Waals surface area contributed by atoms with Crippen molar-refractivity contribution in [3.05, 3.63) is 23.9 Å². The fourth-order valence-corrected chi connectivity index (χ4v) is 3.20. The molecule has 0 radical (unpaired) electrons. The zero-order valence-corrected chi connectivity index (χ0v) is 12.7. The van der Waals surface area contributed by atoms with Gasteiger partial charge in [0, 0.05) is 25.3 Å². The van der Waals surface area contributed by atoms with Crippen LogP contribution in [0, 0.1) is 22.7 Å². The molecule has 1 aromatic heterocycles. The van der Waals surface area contributed by atoms with Crippen LogP contribution in [-0.2, 0) is 4.79 Å². The maximum absolute atomic E-state index is 12.6. The lowest BCUT2D eigenvalue weighted by molar-refractivity contribution is -0.133. The van der Waals surface area contributed by atoms with Crippen LogP contribution in [0.1, 0.15) is 24.8 Å². The second-order valence-electron chi connectivity index (χ2n) is 5.87. The van der Waals surface area contributed by atoms with Gasteiger partial charge in [0.05, 0.1) is 17.7 Å². The van der Waals surface area contributed by atoms with E-state index < -0.39 is 0 Å². The van der Waals surface area contributed by atoms with E-state index in [1.807, 2.05) is 0 Å². The molecular weight excluding hydrogens is 292 g/mol. The van der Waals surface area contributed by atoms with Crippen molar-refractivity contribution in [2.45, 2.75) is 37.4 Å². The summed E-state index contributed by atoms with van der Waals surface area (Å²) in [5.74, 6) is 0.547. The summed E-state index contributed by atoms with van der Waals surface area (Å²) in [4.78, 5) is 18.4. The zero-order chi connectivity index (χ0) is 16.2. The molecule has 7 nitrogen and oxygen atoms in total. The normalized spacial score (nSPS) is 26.5. The highest BCUT2D eigenvalue weighted by Crippen LogP contribution is 2.21. The van der Waals surface area contributed by atoms with Gasteiger partial charge in [0.2, 0.25) is 5.91 Å². The van der Waals surface area contributed by atoms with Crippen LogP contribution in [0.25, 0.3) is 0 Å². The van der Waals surface area contributed by atoms with Gasteiger partial charge in [-0.15, -0.1) is 0 Å². The number of amides is 1. The molecule has 3 heterocycles. The Kier molecular flexibility index (Phi) is 4.40. The van der Waals surface area contributed by atoms with Gasteiger partial charge < -0.3 is 15.5 Å². The quantitative estimate of drug-likeness (QED) is 0.847. The van der Waals surface area contributed by atoms with Gasteiger partial charge >= 0.3 is 0 Å². The SMILES string of the molecule is N#Cc1cccnc1N[C@@H]1CN[C@H](C(=O)N2CCC[C@H]2C#N)C1. The van der Waals surface area contributed by atoms with Crippen molar-refractivity contribution >= 4 is 11.7 Å². The van der Waals surface area contributed by atoms with E-state index in [1.54, 1.807) is 23.2 Å². The second-order valence-corrected chi connectivity index (χ2v) is 5.87. The Balaban J connectivity index is 1.62. The molecule has 0 bridgehead atoms. The number of hydrogen-bond acceptors (Lipinski definition) is 6. The molecule has 0 unspecified atom stereocenters. The van der Waals surface area contributed by atoms with Gasteiger partial charge in [-0.3, -0.25) is 4.79 Å². The van der Waals surface area contributed by atoms with E-state index in [-0.39, 0.29) is 24.0 Å². The standard InChI is InChI=1S/C16H18N6O/c17-8-11-3-1-5-19-15(11)21-12-7-14(20-10-12)16(23)22-6-2-4-13(22)9-18/h1,3,5,12-14,20H,2,4,6-7,10H2,(H,19,21)/t12-,13-,14-/m0/s1. The second kappa shape index (κ2) is 6.64. The van der Waals surface area contributed by atoms with Gasteiger partial charge in [-0.2, -0.15) is 10.5 Å². The molecule has 3 rings (SSSR count). The summed E-state index contributed by atoms with van der Waals surface area (Å²) in [6, 6.07) is 7.20. The maximum Gasteiger partial charge on any atom is 0.240 e. The monoisotopic (exact) mass is 310 g/mol. The maximum atomic E-state index is 12.6. The Labute approximate surface area is 134 Å². The van der Waals surface area contributed by atoms with Crippen molar-refractivity contribution in [3.8, 4) is 12.1 Å². The lowest BCUT2D eigenvalue weighted by Gasteiger charge is -2.23. The van der Waals surface area contributed by atoms with E-state index >= 15 is 0 Å². The molecule has 7 heteroatoms. The minimum absolute atomic E-state index is 0.000113. The topological polar surface area (TPSA) is 105 Å². The third kappa shape index (κ3) is 3.10. The molecule has 1 aromatic rings.